The highest BCUT2D eigenvalue weighted by Gasteiger charge is 2.37. The van der Waals surface area contributed by atoms with Crippen LogP contribution >= 0.6 is 0 Å². The Kier molecular flexibility index (Phi) is 7.96. The number of nitrogens with zero attached hydrogens (tertiary/aromatic N) is 5. The van der Waals surface area contributed by atoms with E-state index in [4.69, 9.17) is 4.98 Å². The van der Waals surface area contributed by atoms with Crippen molar-refractivity contribution < 1.29 is 13.2 Å². The zero-order chi connectivity index (χ0) is 39.5. The number of fused-ring (bicyclic) bond motifs is 6. The number of benzene rings is 7. The summed E-state index contributed by atoms with van der Waals surface area (Å²) in [6.45, 7) is 0. The first-order valence-corrected chi connectivity index (χ1v) is 18.6. The van der Waals surface area contributed by atoms with Gasteiger partial charge in [-0.2, -0.15) is 23.7 Å². The second-order valence-corrected chi connectivity index (χ2v) is 14.1. The molecule has 0 spiro atoms. The first-order chi connectivity index (χ1) is 28.3. The molecule has 0 bridgehead atoms. The summed E-state index contributed by atoms with van der Waals surface area (Å²) < 4.78 is 50.2. The van der Waals surface area contributed by atoms with Crippen molar-refractivity contribution >= 4 is 43.6 Å². The quantitative estimate of drug-likeness (QED) is 0.176. The average molecular weight is 756 g/mol. The molecule has 10 aromatic rings. The van der Waals surface area contributed by atoms with Gasteiger partial charge in [-0.3, -0.25) is 4.98 Å². The second-order valence-electron chi connectivity index (χ2n) is 14.1. The van der Waals surface area contributed by atoms with E-state index in [1.54, 1.807) is 42.6 Å². The molecular formula is C50H28F3N5. The Balaban J connectivity index is 1.23. The van der Waals surface area contributed by atoms with E-state index in [9.17, 15) is 10.5 Å². The minimum atomic E-state index is -4.71. The number of pyridine rings is 1. The van der Waals surface area contributed by atoms with E-state index >= 15 is 13.2 Å². The zero-order valence-corrected chi connectivity index (χ0v) is 30.5. The molecule has 0 saturated heterocycles. The Morgan fingerprint density at radius 1 is 0.448 bits per heavy atom. The van der Waals surface area contributed by atoms with Crippen LogP contribution in [0.1, 0.15) is 16.7 Å². The van der Waals surface area contributed by atoms with Crippen LogP contribution in [0.5, 0.6) is 0 Å². The first kappa shape index (κ1) is 34.5. The average Bonchev–Trinajstić information content (AvgIpc) is 3.78. The Bertz CT molecular complexity index is 3340. The third-order valence-corrected chi connectivity index (χ3v) is 10.9. The van der Waals surface area contributed by atoms with Crippen molar-refractivity contribution in [3.05, 3.63) is 187 Å². The third kappa shape index (κ3) is 5.50. The molecule has 0 N–H and O–H groups in total. The standard InChI is InChI=1S/C50H28F3N5/c51-50(52,53)41-9-5-12-46(57-42-10-3-1-7-37(42)39-27-35(22-24-44(39)57)33-18-14-31(29-54)15-19-33)48(41)49-47(13-6-26-56-49)58-43-11-4-2-8-38(43)40-28-36(23-25-45(40)58)34-20-16-32(30-55)17-21-34/h1-28H. The van der Waals surface area contributed by atoms with Crippen molar-refractivity contribution in [2.75, 3.05) is 0 Å². The molecule has 3 aromatic heterocycles. The number of alkyl halides is 3. The molecule has 0 atom stereocenters. The molecule has 274 valence electrons. The van der Waals surface area contributed by atoms with E-state index in [1.165, 1.54) is 6.07 Å². The summed E-state index contributed by atoms with van der Waals surface area (Å²) in [5.41, 5.74) is 8.18. The smallest absolute Gasteiger partial charge is 0.309 e. The first-order valence-electron chi connectivity index (χ1n) is 18.6. The molecule has 0 fully saturated rings. The van der Waals surface area contributed by atoms with E-state index < -0.39 is 11.7 Å². The molecule has 0 amide bonds. The maximum atomic E-state index is 15.4. The second kappa shape index (κ2) is 13.4. The van der Waals surface area contributed by atoms with Crippen molar-refractivity contribution in [3.63, 3.8) is 0 Å². The monoisotopic (exact) mass is 755 g/mol. The van der Waals surface area contributed by atoms with Crippen LogP contribution in [0.4, 0.5) is 13.2 Å². The number of halogens is 3. The number of hydrogen-bond acceptors (Lipinski definition) is 3. The Morgan fingerprint density at radius 2 is 0.914 bits per heavy atom. The molecule has 0 saturated carbocycles. The predicted molar refractivity (Wildman–Crippen MR) is 224 cm³/mol. The highest BCUT2D eigenvalue weighted by molar-refractivity contribution is 6.12. The van der Waals surface area contributed by atoms with Gasteiger partial charge in [0.1, 0.15) is 0 Å². The Labute approximate surface area is 330 Å². The Morgan fingerprint density at radius 3 is 1.43 bits per heavy atom. The fourth-order valence-corrected chi connectivity index (χ4v) is 8.28. The normalized spacial score (nSPS) is 11.7. The topological polar surface area (TPSA) is 70.3 Å². The van der Waals surface area contributed by atoms with Crippen LogP contribution in [0, 0.1) is 22.7 Å². The fourth-order valence-electron chi connectivity index (χ4n) is 8.28. The van der Waals surface area contributed by atoms with Crippen LogP contribution in [0.15, 0.2) is 170 Å². The summed E-state index contributed by atoms with van der Waals surface area (Å²) in [6.07, 6.45) is -3.17. The molecule has 58 heavy (non-hydrogen) atoms. The van der Waals surface area contributed by atoms with Gasteiger partial charge in [0.25, 0.3) is 0 Å². The van der Waals surface area contributed by atoms with Crippen molar-refractivity contribution in [1.29, 1.82) is 10.5 Å². The van der Waals surface area contributed by atoms with Gasteiger partial charge in [0.2, 0.25) is 0 Å². The number of nitriles is 2. The molecular weight excluding hydrogens is 728 g/mol. The van der Waals surface area contributed by atoms with E-state index in [-0.39, 0.29) is 11.3 Å². The summed E-state index contributed by atoms with van der Waals surface area (Å²) in [5, 5.41) is 22.3. The molecule has 7 aromatic carbocycles. The summed E-state index contributed by atoms with van der Waals surface area (Å²) in [4.78, 5) is 4.79. The van der Waals surface area contributed by atoms with E-state index in [0.717, 1.165) is 71.9 Å². The molecule has 5 nitrogen and oxygen atoms in total. The van der Waals surface area contributed by atoms with Gasteiger partial charge in [0.15, 0.2) is 0 Å². The SMILES string of the molecule is N#Cc1ccc(-c2ccc3c(c2)c2ccccc2n3-c2cccnc2-c2c(-n3c4ccccc4c4cc(-c5ccc(C#N)cc5)ccc43)cccc2C(F)(F)F)cc1. The largest absolute Gasteiger partial charge is 0.417 e. The molecule has 3 heterocycles. The summed E-state index contributed by atoms with van der Waals surface area (Å²) in [6, 6.07) is 54.6. The van der Waals surface area contributed by atoms with Crippen LogP contribution in [-0.4, -0.2) is 14.1 Å². The van der Waals surface area contributed by atoms with Crippen LogP contribution in [0.2, 0.25) is 0 Å². The van der Waals surface area contributed by atoms with Crippen LogP contribution in [0.25, 0.3) is 88.5 Å². The molecule has 0 aliphatic rings. The number of hydrogen-bond donors (Lipinski definition) is 0. The molecule has 8 heteroatoms. The van der Waals surface area contributed by atoms with E-state index in [1.807, 2.05) is 112 Å². The molecule has 0 unspecified atom stereocenters. The number of rotatable bonds is 5. The van der Waals surface area contributed by atoms with Crippen molar-refractivity contribution in [3.8, 4) is 57.0 Å². The minimum Gasteiger partial charge on any atom is -0.309 e. The lowest BCUT2D eigenvalue weighted by Crippen LogP contribution is -2.12. The van der Waals surface area contributed by atoms with Crippen LogP contribution in [-0.2, 0) is 6.18 Å². The summed E-state index contributed by atoms with van der Waals surface area (Å²) in [7, 11) is 0. The molecule has 0 aliphatic heterocycles. The zero-order valence-electron chi connectivity index (χ0n) is 30.5. The van der Waals surface area contributed by atoms with E-state index in [0.29, 0.717) is 22.5 Å². The maximum Gasteiger partial charge on any atom is 0.417 e. The predicted octanol–water partition coefficient (Wildman–Crippen LogP) is 13.0. The summed E-state index contributed by atoms with van der Waals surface area (Å²) in [5.74, 6) is 0. The molecule has 10 rings (SSSR count). The lowest BCUT2D eigenvalue weighted by Gasteiger charge is -2.21. The highest BCUT2D eigenvalue weighted by Crippen LogP contribution is 2.46. The third-order valence-electron chi connectivity index (χ3n) is 10.9. The molecule has 0 aliphatic carbocycles. The van der Waals surface area contributed by atoms with Crippen LogP contribution < -0.4 is 0 Å². The van der Waals surface area contributed by atoms with Gasteiger partial charge in [-0.1, -0.05) is 78.9 Å². The van der Waals surface area contributed by atoms with Gasteiger partial charge >= 0.3 is 6.18 Å². The van der Waals surface area contributed by atoms with Gasteiger partial charge in [0, 0.05) is 33.3 Å². The van der Waals surface area contributed by atoms with Gasteiger partial charge in [-0.05, 0) is 107 Å². The van der Waals surface area contributed by atoms with Crippen molar-refractivity contribution in [1.82, 2.24) is 14.1 Å². The van der Waals surface area contributed by atoms with Crippen molar-refractivity contribution in [2.24, 2.45) is 0 Å². The van der Waals surface area contributed by atoms with Gasteiger partial charge in [-0.15, -0.1) is 0 Å². The molecule has 0 radical (unpaired) electrons. The lowest BCUT2D eigenvalue weighted by molar-refractivity contribution is -0.137. The van der Waals surface area contributed by atoms with Crippen LogP contribution in [0.3, 0.4) is 0 Å². The lowest BCUT2D eigenvalue weighted by atomic mass is 9.98. The van der Waals surface area contributed by atoms with Gasteiger partial charge < -0.3 is 9.13 Å². The van der Waals surface area contributed by atoms with E-state index in [2.05, 4.69) is 24.3 Å². The highest BCUT2D eigenvalue weighted by atomic mass is 19.4. The number of aromatic nitrogens is 3. The fraction of sp³-hybridized carbons (Fsp3) is 0.0200. The van der Waals surface area contributed by atoms with Crippen molar-refractivity contribution in [2.45, 2.75) is 6.18 Å². The van der Waals surface area contributed by atoms with Gasteiger partial charge in [-0.25, -0.2) is 0 Å². The Hall–Kier alpha value is -7.94. The minimum absolute atomic E-state index is 0.0374. The number of para-hydroxylation sites is 2. The van der Waals surface area contributed by atoms with Gasteiger partial charge in [0.05, 0.1) is 68.0 Å². The summed E-state index contributed by atoms with van der Waals surface area (Å²) >= 11 is 0. The maximum absolute atomic E-state index is 15.4.